The second-order valence-corrected chi connectivity index (χ2v) is 8.61. The maximum absolute atomic E-state index is 14.1. The Kier molecular flexibility index (Phi) is 5.38. The Hall–Kier alpha value is -3.80. The third kappa shape index (κ3) is 3.68. The molecule has 6 heteroatoms. The first-order valence-electron chi connectivity index (χ1n) is 10.4. The zero-order valence-corrected chi connectivity index (χ0v) is 18.6. The summed E-state index contributed by atoms with van der Waals surface area (Å²) in [5, 5.41) is 3.42. The third-order valence-electron chi connectivity index (χ3n) is 5.28. The van der Waals surface area contributed by atoms with E-state index >= 15 is 0 Å². The zero-order valence-electron chi connectivity index (χ0n) is 18.6. The highest BCUT2D eigenvalue weighted by Crippen LogP contribution is 2.47. The van der Waals surface area contributed by atoms with Crippen LogP contribution < -0.4 is 15.0 Å². The number of anilines is 2. The highest BCUT2D eigenvalue weighted by Gasteiger charge is 2.55. The molecule has 0 fully saturated rings. The lowest BCUT2D eigenvalue weighted by atomic mass is 9.83. The van der Waals surface area contributed by atoms with E-state index in [4.69, 9.17) is 9.47 Å². The first kappa shape index (κ1) is 21.4. The summed E-state index contributed by atoms with van der Waals surface area (Å²) in [7, 11) is 1.59. The largest absolute Gasteiger partial charge is 0.497 e. The Morgan fingerprint density at radius 3 is 2.16 bits per heavy atom. The minimum Gasteiger partial charge on any atom is -0.497 e. The van der Waals surface area contributed by atoms with Crippen molar-refractivity contribution in [1.82, 2.24) is 0 Å². The molecular weight excluding hydrogens is 404 g/mol. The normalized spacial score (nSPS) is 17.6. The molecule has 0 bridgehead atoms. The van der Waals surface area contributed by atoms with E-state index in [0.29, 0.717) is 22.6 Å². The molecule has 1 aliphatic rings. The van der Waals surface area contributed by atoms with Crippen molar-refractivity contribution in [2.75, 3.05) is 17.3 Å². The molecule has 0 saturated carbocycles. The summed E-state index contributed by atoms with van der Waals surface area (Å²) in [4.78, 5) is 28.4. The van der Waals surface area contributed by atoms with Crippen molar-refractivity contribution in [3.8, 4) is 5.75 Å². The molecule has 32 heavy (non-hydrogen) atoms. The lowest BCUT2D eigenvalue weighted by molar-refractivity contribution is -0.120. The van der Waals surface area contributed by atoms with Gasteiger partial charge in [0.15, 0.2) is 5.54 Å². The molecule has 0 saturated heterocycles. The average molecular weight is 431 g/mol. The zero-order chi connectivity index (χ0) is 22.9. The Balaban J connectivity index is 1.92. The topological polar surface area (TPSA) is 67.9 Å². The standard InChI is InChI=1S/C26H26N2O4/c1-25(2,3)32-24(30)28-22-13-9-8-12-21(22)26(23(28)29,27-19-10-6-5-7-11-19)18-14-16-20(31-4)17-15-18/h5-17,27H,1-4H3/t26-/m1/s1. The van der Waals surface area contributed by atoms with E-state index in [1.807, 2.05) is 54.6 Å². The number of para-hydroxylation sites is 2. The van der Waals surface area contributed by atoms with Gasteiger partial charge in [0.1, 0.15) is 11.4 Å². The molecule has 1 atom stereocenters. The fourth-order valence-corrected chi connectivity index (χ4v) is 3.92. The van der Waals surface area contributed by atoms with Gasteiger partial charge in [0.05, 0.1) is 12.8 Å². The van der Waals surface area contributed by atoms with Crippen molar-refractivity contribution < 1.29 is 19.1 Å². The number of carbonyl (C=O) groups is 2. The van der Waals surface area contributed by atoms with E-state index in [9.17, 15) is 9.59 Å². The van der Waals surface area contributed by atoms with Gasteiger partial charge in [0.25, 0.3) is 5.91 Å². The van der Waals surface area contributed by atoms with E-state index in [-0.39, 0.29) is 0 Å². The number of amides is 2. The highest BCUT2D eigenvalue weighted by atomic mass is 16.6. The summed E-state index contributed by atoms with van der Waals surface area (Å²) >= 11 is 0. The van der Waals surface area contributed by atoms with Crippen molar-refractivity contribution in [2.24, 2.45) is 0 Å². The molecule has 164 valence electrons. The predicted molar refractivity (Wildman–Crippen MR) is 124 cm³/mol. The molecule has 0 unspecified atom stereocenters. The van der Waals surface area contributed by atoms with E-state index in [1.54, 1.807) is 52.1 Å². The number of hydrogen-bond acceptors (Lipinski definition) is 5. The minimum atomic E-state index is -1.32. The lowest BCUT2D eigenvalue weighted by Crippen LogP contribution is -2.49. The summed E-state index contributed by atoms with van der Waals surface area (Å²) < 4.78 is 10.9. The second kappa shape index (κ2) is 8.04. The van der Waals surface area contributed by atoms with E-state index in [2.05, 4.69) is 5.32 Å². The van der Waals surface area contributed by atoms with Gasteiger partial charge in [0, 0.05) is 11.3 Å². The van der Waals surface area contributed by atoms with Gasteiger partial charge >= 0.3 is 6.09 Å². The molecule has 3 aromatic rings. The van der Waals surface area contributed by atoms with Crippen molar-refractivity contribution in [1.29, 1.82) is 0 Å². The molecule has 4 rings (SSSR count). The van der Waals surface area contributed by atoms with Crippen molar-refractivity contribution in [3.63, 3.8) is 0 Å². The number of fused-ring (bicyclic) bond motifs is 1. The number of rotatable bonds is 4. The molecule has 2 amide bonds. The molecule has 0 radical (unpaired) electrons. The van der Waals surface area contributed by atoms with Crippen molar-refractivity contribution in [3.05, 3.63) is 90.0 Å². The van der Waals surface area contributed by atoms with Crippen LogP contribution in [0.15, 0.2) is 78.9 Å². The van der Waals surface area contributed by atoms with E-state index in [1.165, 1.54) is 0 Å². The van der Waals surface area contributed by atoms with Crippen LogP contribution in [-0.4, -0.2) is 24.7 Å². The molecule has 1 N–H and O–H groups in total. The van der Waals surface area contributed by atoms with Gasteiger partial charge in [0.2, 0.25) is 0 Å². The van der Waals surface area contributed by atoms with Gasteiger partial charge in [-0.2, -0.15) is 0 Å². The van der Waals surface area contributed by atoms with Crippen LogP contribution in [0.2, 0.25) is 0 Å². The van der Waals surface area contributed by atoms with Crippen LogP contribution in [0.25, 0.3) is 0 Å². The smallest absolute Gasteiger partial charge is 0.421 e. The van der Waals surface area contributed by atoms with Crippen LogP contribution >= 0.6 is 0 Å². The first-order chi connectivity index (χ1) is 15.3. The summed E-state index contributed by atoms with van der Waals surface area (Å²) in [5.41, 5.74) is 0.533. The molecule has 1 heterocycles. The number of ether oxygens (including phenoxy) is 2. The van der Waals surface area contributed by atoms with Crippen LogP contribution in [0, 0.1) is 0 Å². The number of methoxy groups -OCH3 is 1. The van der Waals surface area contributed by atoms with Gasteiger partial charge in [-0.15, -0.1) is 0 Å². The second-order valence-electron chi connectivity index (χ2n) is 8.61. The molecule has 0 spiro atoms. The van der Waals surface area contributed by atoms with Crippen LogP contribution in [0.5, 0.6) is 5.75 Å². The number of nitrogens with one attached hydrogen (secondary N) is 1. The van der Waals surface area contributed by atoms with Gasteiger partial charge in [-0.1, -0.05) is 48.5 Å². The Morgan fingerprint density at radius 2 is 1.53 bits per heavy atom. The molecule has 1 aliphatic heterocycles. The first-order valence-corrected chi connectivity index (χ1v) is 10.4. The summed E-state index contributed by atoms with van der Waals surface area (Å²) in [6, 6.07) is 24.0. The summed E-state index contributed by atoms with van der Waals surface area (Å²) in [6.07, 6.45) is -0.708. The molecule has 0 aliphatic carbocycles. The van der Waals surface area contributed by atoms with Crippen LogP contribution in [0.4, 0.5) is 16.2 Å². The number of benzene rings is 3. The van der Waals surface area contributed by atoms with Crippen LogP contribution in [0.1, 0.15) is 31.9 Å². The number of carbonyl (C=O) groups excluding carboxylic acids is 2. The number of nitrogens with zero attached hydrogens (tertiary/aromatic N) is 1. The lowest BCUT2D eigenvalue weighted by Gasteiger charge is -2.32. The Morgan fingerprint density at radius 1 is 0.906 bits per heavy atom. The molecule has 3 aromatic carbocycles. The Bertz CT molecular complexity index is 1140. The minimum absolute atomic E-state index is 0.429. The van der Waals surface area contributed by atoms with Crippen LogP contribution in [-0.2, 0) is 15.1 Å². The molecule has 6 nitrogen and oxygen atoms in total. The van der Waals surface area contributed by atoms with Gasteiger partial charge in [-0.05, 0) is 56.7 Å². The van der Waals surface area contributed by atoms with Crippen molar-refractivity contribution >= 4 is 23.4 Å². The summed E-state index contributed by atoms with van der Waals surface area (Å²) in [5.74, 6) is 0.244. The fourth-order valence-electron chi connectivity index (χ4n) is 3.92. The maximum atomic E-state index is 14.1. The van der Waals surface area contributed by atoms with E-state index in [0.717, 1.165) is 10.6 Å². The maximum Gasteiger partial charge on any atom is 0.421 e. The predicted octanol–water partition coefficient (Wildman–Crippen LogP) is 5.33. The van der Waals surface area contributed by atoms with Gasteiger partial charge < -0.3 is 14.8 Å². The SMILES string of the molecule is COc1ccc([C@]2(Nc3ccccc3)C(=O)N(C(=O)OC(C)(C)C)c3ccccc32)cc1. The number of hydrogen-bond donors (Lipinski definition) is 1. The van der Waals surface area contributed by atoms with Crippen LogP contribution in [0.3, 0.4) is 0 Å². The van der Waals surface area contributed by atoms with Crippen molar-refractivity contribution in [2.45, 2.75) is 31.9 Å². The summed E-state index contributed by atoms with van der Waals surface area (Å²) in [6.45, 7) is 5.32. The van der Waals surface area contributed by atoms with E-state index < -0.39 is 23.1 Å². The Labute approximate surface area is 187 Å². The molecular formula is C26H26N2O4. The fraction of sp³-hybridized carbons (Fsp3) is 0.231. The van der Waals surface area contributed by atoms with Gasteiger partial charge in [-0.25, -0.2) is 9.69 Å². The highest BCUT2D eigenvalue weighted by molar-refractivity contribution is 6.23. The quantitative estimate of drug-likeness (QED) is 0.606. The monoisotopic (exact) mass is 430 g/mol. The number of imide groups is 1. The van der Waals surface area contributed by atoms with Gasteiger partial charge in [-0.3, -0.25) is 4.79 Å². The third-order valence-corrected chi connectivity index (χ3v) is 5.28. The average Bonchev–Trinajstić information content (AvgIpc) is 3.02. The molecule has 0 aromatic heterocycles.